The van der Waals surface area contributed by atoms with E-state index >= 15 is 0 Å². The van der Waals surface area contributed by atoms with Gasteiger partial charge in [-0.25, -0.2) is 0 Å². The van der Waals surface area contributed by atoms with E-state index in [0.717, 1.165) is 12.1 Å². The summed E-state index contributed by atoms with van der Waals surface area (Å²) in [6.45, 7) is 7.62. The molecule has 0 bridgehead atoms. The summed E-state index contributed by atoms with van der Waals surface area (Å²) in [7, 11) is 1.67. The van der Waals surface area contributed by atoms with Crippen LogP contribution in [0.15, 0.2) is 18.2 Å². The summed E-state index contributed by atoms with van der Waals surface area (Å²) in [5.41, 5.74) is 3.22. The van der Waals surface area contributed by atoms with E-state index < -0.39 is 5.54 Å². The van der Waals surface area contributed by atoms with Crippen LogP contribution in [0, 0.1) is 13.8 Å². The van der Waals surface area contributed by atoms with E-state index in [1.54, 1.807) is 7.11 Å². The number of aliphatic hydroxyl groups is 1. The topological polar surface area (TPSA) is 41.5 Å². The number of aliphatic hydroxyl groups excluding tert-OH is 1. The minimum absolute atomic E-state index is 0.0687. The summed E-state index contributed by atoms with van der Waals surface area (Å²) in [5, 5.41) is 12.9. The van der Waals surface area contributed by atoms with Gasteiger partial charge in [0.15, 0.2) is 0 Å². The Morgan fingerprint density at radius 1 is 1.29 bits per heavy atom. The van der Waals surface area contributed by atoms with Crippen LogP contribution in [0.4, 0.5) is 0 Å². The molecule has 1 aromatic carbocycles. The molecule has 0 aliphatic rings. The lowest BCUT2D eigenvalue weighted by molar-refractivity contribution is 0.148. The molecule has 0 fully saturated rings. The van der Waals surface area contributed by atoms with Crippen LogP contribution in [0.25, 0.3) is 0 Å². The van der Waals surface area contributed by atoms with Gasteiger partial charge in [-0.15, -0.1) is 0 Å². The van der Waals surface area contributed by atoms with Crippen molar-refractivity contribution in [3.63, 3.8) is 0 Å². The van der Waals surface area contributed by atoms with E-state index in [0.29, 0.717) is 6.61 Å². The number of hydrogen-bond donors (Lipinski definition) is 2. The minimum atomic E-state index is -0.406. The Morgan fingerprint density at radius 3 is 2.53 bits per heavy atom. The fourth-order valence-corrected chi connectivity index (χ4v) is 1.76. The largest absolute Gasteiger partial charge is 0.394 e. The predicted octanol–water partition coefficient (Wildman–Crippen LogP) is 1.75. The van der Waals surface area contributed by atoms with Crippen LogP contribution in [0.3, 0.4) is 0 Å². The highest BCUT2D eigenvalue weighted by molar-refractivity contribution is 5.34. The average Bonchev–Trinajstić information content (AvgIpc) is 2.32. The molecule has 0 spiro atoms. The van der Waals surface area contributed by atoms with Gasteiger partial charge in [0.25, 0.3) is 0 Å². The molecule has 0 saturated carbocycles. The van der Waals surface area contributed by atoms with Crippen LogP contribution in [-0.4, -0.2) is 32.0 Å². The Balaban J connectivity index is 2.87. The van der Waals surface area contributed by atoms with E-state index in [1.165, 1.54) is 11.1 Å². The molecule has 0 heterocycles. The van der Waals surface area contributed by atoms with Gasteiger partial charge in [-0.1, -0.05) is 18.2 Å². The maximum Gasteiger partial charge on any atom is 0.0652 e. The molecule has 3 nitrogen and oxygen atoms in total. The third-order valence-electron chi connectivity index (χ3n) is 3.28. The summed E-state index contributed by atoms with van der Waals surface area (Å²) in [5.74, 6) is 0. The van der Waals surface area contributed by atoms with E-state index in [1.807, 2.05) is 6.92 Å². The van der Waals surface area contributed by atoms with E-state index in [-0.39, 0.29) is 6.61 Å². The van der Waals surface area contributed by atoms with Crippen molar-refractivity contribution in [2.75, 3.05) is 26.9 Å². The normalized spacial score (nSPS) is 14.6. The lowest BCUT2D eigenvalue weighted by Gasteiger charge is -2.30. The molecule has 1 rings (SSSR count). The highest BCUT2D eigenvalue weighted by Crippen LogP contribution is 2.22. The zero-order valence-electron chi connectivity index (χ0n) is 11.2. The van der Waals surface area contributed by atoms with Gasteiger partial charge in [-0.05, 0) is 37.5 Å². The van der Waals surface area contributed by atoms with Crippen LogP contribution >= 0.6 is 0 Å². The van der Waals surface area contributed by atoms with Crippen molar-refractivity contribution in [1.29, 1.82) is 0 Å². The molecule has 0 radical (unpaired) electrons. The van der Waals surface area contributed by atoms with Crippen molar-refractivity contribution >= 4 is 0 Å². The van der Waals surface area contributed by atoms with Gasteiger partial charge in [0.05, 0.1) is 18.8 Å². The Kier molecular flexibility index (Phi) is 5.12. The molecule has 1 aromatic rings. The third kappa shape index (κ3) is 3.53. The van der Waals surface area contributed by atoms with Gasteiger partial charge in [0, 0.05) is 13.7 Å². The molecule has 1 atom stereocenters. The number of benzene rings is 1. The van der Waals surface area contributed by atoms with Gasteiger partial charge in [0.1, 0.15) is 0 Å². The van der Waals surface area contributed by atoms with Crippen molar-refractivity contribution in [3.05, 3.63) is 34.9 Å². The Morgan fingerprint density at radius 2 is 2.00 bits per heavy atom. The molecule has 3 heteroatoms. The number of nitrogens with one attached hydrogen (secondary N) is 1. The standard InChI is InChI=1S/C14H23NO2/c1-11-5-6-13(9-12(11)2)14(3,10-16)15-7-8-17-4/h5-6,9,15-16H,7-8,10H2,1-4H3. The summed E-state index contributed by atoms with van der Waals surface area (Å²) in [6.07, 6.45) is 0. The van der Waals surface area contributed by atoms with Gasteiger partial charge < -0.3 is 15.2 Å². The number of rotatable bonds is 6. The molecule has 17 heavy (non-hydrogen) atoms. The van der Waals surface area contributed by atoms with E-state index in [9.17, 15) is 5.11 Å². The Hall–Kier alpha value is -0.900. The van der Waals surface area contributed by atoms with Crippen molar-refractivity contribution in [1.82, 2.24) is 5.32 Å². The Bertz CT molecular complexity index is 365. The minimum Gasteiger partial charge on any atom is -0.394 e. The van der Waals surface area contributed by atoms with Gasteiger partial charge in [-0.3, -0.25) is 0 Å². The molecule has 0 aliphatic heterocycles. The predicted molar refractivity (Wildman–Crippen MR) is 70.2 cm³/mol. The maximum absolute atomic E-state index is 9.59. The first-order valence-corrected chi connectivity index (χ1v) is 5.96. The number of aryl methyl sites for hydroxylation is 2. The fraction of sp³-hybridized carbons (Fsp3) is 0.571. The lowest BCUT2D eigenvalue weighted by Crippen LogP contribution is -2.44. The lowest BCUT2D eigenvalue weighted by atomic mass is 9.90. The molecular formula is C14H23NO2. The first kappa shape index (κ1) is 14.2. The van der Waals surface area contributed by atoms with Crippen molar-refractivity contribution in [2.24, 2.45) is 0 Å². The molecule has 0 amide bonds. The zero-order chi connectivity index (χ0) is 12.9. The maximum atomic E-state index is 9.59. The van der Waals surface area contributed by atoms with Crippen LogP contribution in [0.1, 0.15) is 23.6 Å². The SMILES string of the molecule is COCCNC(C)(CO)c1ccc(C)c(C)c1. The highest BCUT2D eigenvalue weighted by atomic mass is 16.5. The van der Waals surface area contributed by atoms with E-state index in [2.05, 4.69) is 37.4 Å². The quantitative estimate of drug-likeness (QED) is 0.741. The van der Waals surface area contributed by atoms with Gasteiger partial charge >= 0.3 is 0 Å². The number of hydrogen-bond acceptors (Lipinski definition) is 3. The first-order valence-electron chi connectivity index (χ1n) is 5.96. The molecular weight excluding hydrogens is 214 g/mol. The van der Waals surface area contributed by atoms with Crippen molar-refractivity contribution in [3.8, 4) is 0 Å². The number of ether oxygens (including phenoxy) is 1. The van der Waals surface area contributed by atoms with Crippen LogP contribution in [0.5, 0.6) is 0 Å². The second kappa shape index (κ2) is 6.15. The van der Waals surface area contributed by atoms with Crippen molar-refractivity contribution < 1.29 is 9.84 Å². The molecule has 0 aliphatic carbocycles. The van der Waals surface area contributed by atoms with Crippen molar-refractivity contribution in [2.45, 2.75) is 26.3 Å². The zero-order valence-corrected chi connectivity index (χ0v) is 11.2. The fourth-order valence-electron chi connectivity index (χ4n) is 1.76. The summed E-state index contributed by atoms with van der Waals surface area (Å²) in [4.78, 5) is 0. The number of methoxy groups -OCH3 is 1. The molecule has 0 aromatic heterocycles. The van der Waals surface area contributed by atoms with E-state index in [4.69, 9.17) is 4.74 Å². The summed E-state index contributed by atoms with van der Waals surface area (Å²) < 4.78 is 5.02. The van der Waals surface area contributed by atoms with Gasteiger partial charge in [0.2, 0.25) is 0 Å². The first-order chi connectivity index (χ1) is 8.03. The monoisotopic (exact) mass is 237 g/mol. The second-order valence-electron chi connectivity index (χ2n) is 4.71. The second-order valence-corrected chi connectivity index (χ2v) is 4.71. The molecule has 0 saturated heterocycles. The molecule has 2 N–H and O–H groups in total. The third-order valence-corrected chi connectivity index (χ3v) is 3.28. The summed E-state index contributed by atoms with van der Waals surface area (Å²) >= 11 is 0. The van der Waals surface area contributed by atoms with Gasteiger partial charge in [-0.2, -0.15) is 0 Å². The highest BCUT2D eigenvalue weighted by Gasteiger charge is 2.25. The smallest absolute Gasteiger partial charge is 0.0652 e. The van der Waals surface area contributed by atoms with Crippen LogP contribution in [0.2, 0.25) is 0 Å². The average molecular weight is 237 g/mol. The molecule has 96 valence electrons. The summed E-state index contributed by atoms with van der Waals surface area (Å²) in [6, 6.07) is 6.29. The molecule has 1 unspecified atom stereocenters. The Labute approximate surface area is 104 Å². The van der Waals surface area contributed by atoms with Crippen LogP contribution < -0.4 is 5.32 Å². The van der Waals surface area contributed by atoms with Crippen LogP contribution in [-0.2, 0) is 10.3 Å².